The molecule has 0 amide bonds. The highest BCUT2D eigenvalue weighted by Crippen LogP contribution is 2.17. The Bertz CT molecular complexity index is 168. The predicted octanol–water partition coefficient (Wildman–Crippen LogP) is 1.57. The SMILES string of the molecule is CCOC(=O)C(C)(CC(C)C)NC. The first-order valence-electron chi connectivity index (χ1n) is 4.82. The molecule has 0 radical (unpaired) electrons. The van der Waals surface area contributed by atoms with E-state index in [2.05, 4.69) is 19.2 Å². The van der Waals surface area contributed by atoms with Gasteiger partial charge in [0.15, 0.2) is 0 Å². The van der Waals surface area contributed by atoms with E-state index in [4.69, 9.17) is 4.74 Å². The van der Waals surface area contributed by atoms with E-state index in [1.165, 1.54) is 0 Å². The Balaban J connectivity index is 4.33. The quantitative estimate of drug-likeness (QED) is 0.664. The summed E-state index contributed by atoms with van der Waals surface area (Å²) < 4.78 is 5.00. The summed E-state index contributed by atoms with van der Waals surface area (Å²) in [6.45, 7) is 8.33. The third kappa shape index (κ3) is 3.77. The first kappa shape index (κ1) is 12.4. The largest absolute Gasteiger partial charge is 0.465 e. The van der Waals surface area contributed by atoms with Crippen LogP contribution >= 0.6 is 0 Å². The molecule has 0 aromatic carbocycles. The Hall–Kier alpha value is -0.570. The minimum absolute atomic E-state index is 0.161. The van der Waals surface area contributed by atoms with E-state index in [-0.39, 0.29) is 5.97 Å². The molecule has 0 aliphatic carbocycles. The van der Waals surface area contributed by atoms with Crippen LogP contribution in [0.4, 0.5) is 0 Å². The molecule has 0 saturated carbocycles. The van der Waals surface area contributed by atoms with Gasteiger partial charge in [-0.25, -0.2) is 0 Å². The standard InChI is InChI=1S/C10H21NO2/c1-6-13-9(12)10(4,11-5)7-8(2)3/h8,11H,6-7H2,1-5H3. The van der Waals surface area contributed by atoms with E-state index in [1.807, 2.05) is 13.8 Å². The van der Waals surface area contributed by atoms with Crippen LogP contribution in [0.25, 0.3) is 0 Å². The van der Waals surface area contributed by atoms with E-state index < -0.39 is 5.54 Å². The van der Waals surface area contributed by atoms with E-state index in [0.717, 1.165) is 6.42 Å². The fourth-order valence-corrected chi connectivity index (χ4v) is 1.39. The average Bonchev–Trinajstić information content (AvgIpc) is 2.03. The minimum Gasteiger partial charge on any atom is -0.465 e. The molecule has 0 bridgehead atoms. The fraction of sp³-hybridized carbons (Fsp3) is 0.900. The molecular weight excluding hydrogens is 166 g/mol. The number of rotatable bonds is 5. The van der Waals surface area contributed by atoms with Gasteiger partial charge in [-0.3, -0.25) is 4.79 Å². The van der Waals surface area contributed by atoms with Crippen LogP contribution in [0.5, 0.6) is 0 Å². The molecule has 0 aliphatic heterocycles. The van der Waals surface area contributed by atoms with Gasteiger partial charge in [0.25, 0.3) is 0 Å². The first-order chi connectivity index (χ1) is 5.96. The van der Waals surface area contributed by atoms with Crippen LogP contribution in [0.1, 0.15) is 34.1 Å². The molecule has 0 aliphatic rings. The van der Waals surface area contributed by atoms with Crippen molar-refractivity contribution in [1.29, 1.82) is 0 Å². The van der Waals surface area contributed by atoms with Gasteiger partial charge in [-0.2, -0.15) is 0 Å². The van der Waals surface area contributed by atoms with E-state index in [1.54, 1.807) is 7.05 Å². The van der Waals surface area contributed by atoms with Gasteiger partial charge in [-0.15, -0.1) is 0 Å². The lowest BCUT2D eigenvalue weighted by Gasteiger charge is -2.28. The topological polar surface area (TPSA) is 38.3 Å². The summed E-state index contributed by atoms with van der Waals surface area (Å²) in [4.78, 5) is 11.5. The molecule has 0 aromatic rings. The van der Waals surface area contributed by atoms with Gasteiger partial charge < -0.3 is 10.1 Å². The average molecular weight is 187 g/mol. The zero-order valence-electron chi connectivity index (χ0n) is 9.31. The van der Waals surface area contributed by atoms with Gasteiger partial charge in [0.1, 0.15) is 5.54 Å². The van der Waals surface area contributed by atoms with Crippen molar-refractivity contribution in [2.24, 2.45) is 5.92 Å². The Morgan fingerprint density at radius 1 is 1.54 bits per heavy atom. The molecule has 0 aromatic heterocycles. The molecule has 1 N–H and O–H groups in total. The van der Waals surface area contributed by atoms with Crippen molar-refractivity contribution in [2.45, 2.75) is 39.7 Å². The second-order valence-electron chi connectivity index (χ2n) is 3.90. The van der Waals surface area contributed by atoms with Crippen LogP contribution in [0.15, 0.2) is 0 Å². The zero-order chi connectivity index (χ0) is 10.5. The van der Waals surface area contributed by atoms with Gasteiger partial charge in [0.2, 0.25) is 0 Å². The molecule has 0 heterocycles. The number of esters is 1. The molecule has 0 saturated heterocycles. The summed E-state index contributed by atoms with van der Waals surface area (Å²) in [5, 5.41) is 3.02. The Morgan fingerprint density at radius 3 is 2.38 bits per heavy atom. The van der Waals surface area contributed by atoms with Crippen LogP contribution in [-0.4, -0.2) is 25.2 Å². The second kappa shape index (κ2) is 5.22. The highest BCUT2D eigenvalue weighted by atomic mass is 16.5. The molecular formula is C10H21NO2. The predicted molar refractivity (Wildman–Crippen MR) is 53.6 cm³/mol. The van der Waals surface area contributed by atoms with Gasteiger partial charge in [0, 0.05) is 0 Å². The lowest BCUT2D eigenvalue weighted by Crippen LogP contribution is -2.49. The van der Waals surface area contributed by atoms with E-state index in [0.29, 0.717) is 12.5 Å². The number of carbonyl (C=O) groups excluding carboxylic acids is 1. The maximum absolute atomic E-state index is 11.5. The number of hydrogen-bond acceptors (Lipinski definition) is 3. The molecule has 0 fully saturated rings. The molecule has 3 heteroatoms. The van der Waals surface area contributed by atoms with Crippen molar-refractivity contribution >= 4 is 5.97 Å². The summed E-state index contributed by atoms with van der Waals surface area (Å²) in [6.07, 6.45) is 0.794. The summed E-state index contributed by atoms with van der Waals surface area (Å²) >= 11 is 0. The van der Waals surface area contributed by atoms with E-state index in [9.17, 15) is 4.79 Å². The number of likely N-dealkylation sites (N-methyl/N-ethyl adjacent to an activating group) is 1. The van der Waals surface area contributed by atoms with Crippen molar-refractivity contribution in [2.75, 3.05) is 13.7 Å². The monoisotopic (exact) mass is 187 g/mol. The van der Waals surface area contributed by atoms with Crippen LogP contribution < -0.4 is 5.32 Å². The van der Waals surface area contributed by atoms with Gasteiger partial charge in [-0.05, 0) is 33.2 Å². The maximum Gasteiger partial charge on any atom is 0.326 e. The number of nitrogens with one attached hydrogen (secondary N) is 1. The Kier molecular flexibility index (Phi) is 4.99. The van der Waals surface area contributed by atoms with Crippen LogP contribution in [-0.2, 0) is 9.53 Å². The molecule has 0 rings (SSSR count). The molecule has 1 atom stereocenters. The highest BCUT2D eigenvalue weighted by molar-refractivity contribution is 5.80. The molecule has 3 nitrogen and oxygen atoms in total. The normalized spacial score (nSPS) is 15.5. The molecule has 0 spiro atoms. The summed E-state index contributed by atoms with van der Waals surface area (Å²) in [7, 11) is 1.79. The smallest absolute Gasteiger partial charge is 0.326 e. The van der Waals surface area contributed by atoms with Crippen LogP contribution in [0.2, 0.25) is 0 Å². The van der Waals surface area contributed by atoms with Gasteiger partial charge in [-0.1, -0.05) is 13.8 Å². The maximum atomic E-state index is 11.5. The number of carbonyl (C=O) groups is 1. The Labute approximate surface area is 80.8 Å². The number of hydrogen-bond donors (Lipinski definition) is 1. The van der Waals surface area contributed by atoms with Crippen molar-refractivity contribution in [1.82, 2.24) is 5.32 Å². The lowest BCUT2D eigenvalue weighted by molar-refractivity contribution is -0.151. The van der Waals surface area contributed by atoms with Crippen molar-refractivity contribution in [3.05, 3.63) is 0 Å². The Morgan fingerprint density at radius 2 is 2.08 bits per heavy atom. The third-order valence-corrected chi connectivity index (χ3v) is 2.09. The van der Waals surface area contributed by atoms with Crippen molar-refractivity contribution < 1.29 is 9.53 Å². The molecule has 13 heavy (non-hydrogen) atoms. The molecule has 78 valence electrons. The van der Waals surface area contributed by atoms with Crippen molar-refractivity contribution in [3.63, 3.8) is 0 Å². The summed E-state index contributed by atoms with van der Waals surface area (Å²) in [5.74, 6) is 0.313. The first-order valence-corrected chi connectivity index (χ1v) is 4.82. The van der Waals surface area contributed by atoms with Crippen LogP contribution in [0, 0.1) is 5.92 Å². The lowest BCUT2D eigenvalue weighted by atomic mass is 9.91. The third-order valence-electron chi connectivity index (χ3n) is 2.09. The van der Waals surface area contributed by atoms with Gasteiger partial charge >= 0.3 is 5.97 Å². The van der Waals surface area contributed by atoms with Gasteiger partial charge in [0.05, 0.1) is 6.61 Å². The minimum atomic E-state index is -0.538. The second-order valence-corrected chi connectivity index (χ2v) is 3.90. The zero-order valence-corrected chi connectivity index (χ0v) is 9.31. The fourth-order valence-electron chi connectivity index (χ4n) is 1.39. The number of ether oxygens (including phenoxy) is 1. The van der Waals surface area contributed by atoms with E-state index >= 15 is 0 Å². The molecule has 1 unspecified atom stereocenters. The van der Waals surface area contributed by atoms with Crippen LogP contribution in [0.3, 0.4) is 0 Å². The highest BCUT2D eigenvalue weighted by Gasteiger charge is 2.33. The summed E-state index contributed by atoms with van der Waals surface area (Å²) in [5.41, 5.74) is -0.538. The summed E-state index contributed by atoms with van der Waals surface area (Å²) in [6, 6.07) is 0. The van der Waals surface area contributed by atoms with Crippen molar-refractivity contribution in [3.8, 4) is 0 Å².